The van der Waals surface area contributed by atoms with Gasteiger partial charge in [-0.15, -0.1) is 0 Å². The Balaban J connectivity index is 2.63. The number of methoxy groups -OCH3 is 1. The number of nitrogens with one attached hydrogen (secondary N) is 1. The summed E-state index contributed by atoms with van der Waals surface area (Å²) in [4.78, 5) is 0.852. The minimum atomic E-state index is -0.908. The highest BCUT2D eigenvalue weighted by Gasteiger charge is 2.05. The summed E-state index contributed by atoms with van der Waals surface area (Å²) in [6.45, 7) is 2.81. The van der Waals surface area contributed by atoms with Gasteiger partial charge in [0.25, 0.3) is 0 Å². The van der Waals surface area contributed by atoms with Crippen LogP contribution in [-0.4, -0.2) is 30.2 Å². The van der Waals surface area contributed by atoms with Gasteiger partial charge in [-0.2, -0.15) is 0 Å². The third-order valence-corrected chi connectivity index (χ3v) is 3.35. The second kappa shape index (κ2) is 6.66. The summed E-state index contributed by atoms with van der Waals surface area (Å²) in [5, 5.41) is 3.37. The van der Waals surface area contributed by atoms with E-state index in [9.17, 15) is 4.21 Å². The SMILES string of the molecule is CCC(COC)Nc1ccc(S(C)=O)cc1. The van der Waals surface area contributed by atoms with E-state index >= 15 is 0 Å². The third-order valence-electron chi connectivity index (χ3n) is 2.42. The summed E-state index contributed by atoms with van der Waals surface area (Å²) in [7, 11) is 0.794. The molecule has 2 unspecified atom stereocenters. The molecule has 0 heterocycles. The van der Waals surface area contributed by atoms with Crippen LogP contribution in [0.2, 0.25) is 0 Å². The molecule has 0 saturated carbocycles. The lowest BCUT2D eigenvalue weighted by molar-refractivity contribution is 0.184. The second-order valence-electron chi connectivity index (χ2n) is 3.68. The molecule has 4 heteroatoms. The third kappa shape index (κ3) is 3.94. The Morgan fingerprint density at radius 2 is 2.00 bits per heavy atom. The molecule has 0 aromatic heterocycles. The van der Waals surface area contributed by atoms with Crippen LogP contribution in [-0.2, 0) is 15.5 Å². The number of hydrogen-bond donors (Lipinski definition) is 1. The average Bonchev–Trinajstić information content (AvgIpc) is 2.29. The molecule has 16 heavy (non-hydrogen) atoms. The molecule has 0 fully saturated rings. The monoisotopic (exact) mass is 241 g/mol. The molecule has 1 N–H and O–H groups in total. The summed E-state index contributed by atoms with van der Waals surface area (Å²) in [5.41, 5.74) is 1.04. The van der Waals surface area contributed by atoms with Gasteiger partial charge in [0.05, 0.1) is 6.61 Å². The first-order chi connectivity index (χ1) is 7.67. The maximum atomic E-state index is 11.2. The van der Waals surface area contributed by atoms with E-state index in [1.165, 1.54) is 0 Å². The van der Waals surface area contributed by atoms with Crippen molar-refractivity contribution in [3.63, 3.8) is 0 Å². The fourth-order valence-corrected chi connectivity index (χ4v) is 1.96. The minimum Gasteiger partial charge on any atom is -0.383 e. The molecule has 0 bridgehead atoms. The largest absolute Gasteiger partial charge is 0.383 e. The van der Waals surface area contributed by atoms with Gasteiger partial charge in [-0.1, -0.05) is 6.92 Å². The standard InChI is InChI=1S/C12H19NO2S/c1-4-10(9-15-2)13-11-5-7-12(8-6-11)16(3)14/h5-8,10,13H,4,9H2,1-3H3. The maximum absolute atomic E-state index is 11.2. The molecule has 3 nitrogen and oxygen atoms in total. The van der Waals surface area contributed by atoms with Crippen molar-refractivity contribution in [2.75, 3.05) is 25.3 Å². The molecule has 1 rings (SSSR count). The first-order valence-corrected chi connectivity index (χ1v) is 6.92. The smallest absolute Gasteiger partial charge is 0.0663 e. The lowest BCUT2D eigenvalue weighted by Gasteiger charge is -2.17. The summed E-state index contributed by atoms with van der Waals surface area (Å²) >= 11 is 0. The van der Waals surface area contributed by atoms with E-state index in [1.54, 1.807) is 13.4 Å². The number of hydrogen-bond acceptors (Lipinski definition) is 3. The number of benzene rings is 1. The van der Waals surface area contributed by atoms with Crippen molar-refractivity contribution in [1.82, 2.24) is 0 Å². The van der Waals surface area contributed by atoms with Gasteiger partial charge < -0.3 is 10.1 Å². The van der Waals surface area contributed by atoms with Gasteiger partial charge in [0.15, 0.2) is 0 Å². The molecule has 0 amide bonds. The van der Waals surface area contributed by atoms with Gasteiger partial charge in [0.1, 0.15) is 0 Å². The zero-order chi connectivity index (χ0) is 12.0. The van der Waals surface area contributed by atoms with Crippen LogP contribution in [0.25, 0.3) is 0 Å². The fourth-order valence-electron chi connectivity index (χ4n) is 1.44. The predicted octanol–water partition coefficient (Wildman–Crippen LogP) is 2.26. The Kier molecular flexibility index (Phi) is 5.49. The van der Waals surface area contributed by atoms with E-state index in [0.717, 1.165) is 17.0 Å². The Morgan fingerprint density at radius 1 is 1.38 bits per heavy atom. The molecule has 0 radical (unpaired) electrons. The van der Waals surface area contributed by atoms with Crippen molar-refractivity contribution in [2.24, 2.45) is 0 Å². The molecule has 0 aliphatic heterocycles. The molecule has 0 aliphatic carbocycles. The molecular weight excluding hydrogens is 222 g/mol. The summed E-state index contributed by atoms with van der Waals surface area (Å²) in [6.07, 6.45) is 2.69. The van der Waals surface area contributed by atoms with E-state index < -0.39 is 10.8 Å². The number of rotatable bonds is 6. The Hall–Kier alpha value is -0.870. The van der Waals surface area contributed by atoms with Crippen molar-refractivity contribution in [1.29, 1.82) is 0 Å². The summed E-state index contributed by atoms with van der Waals surface area (Å²) in [6, 6.07) is 8.00. The quantitative estimate of drug-likeness (QED) is 0.830. The number of anilines is 1. The van der Waals surface area contributed by atoms with Crippen molar-refractivity contribution in [3.8, 4) is 0 Å². The van der Waals surface area contributed by atoms with Crippen LogP contribution < -0.4 is 5.32 Å². The van der Waals surface area contributed by atoms with Crippen LogP contribution in [0.5, 0.6) is 0 Å². The Morgan fingerprint density at radius 3 is 2.44 bits per heavy atom. The van der Waals surface area contributed by atoms with Crippen LogP contribution in [0.15, 0.2) is 29.2 Å². The van der Waals surface area contributed by atoms with E-state index in [2.05, 4.69) is 12.2 Å². The average molecular weight is 241 g/mol. The van der Waals surface area contributed by atoms with Gasteiger partial charge in [-0.25, -0.2) is 0 Å². The first kappa shape index (κ1) is 13.2. The second-order valence-corrected chi connectivity index (χ2v) is 5.06. The van der Waals surface area contributed by atoms with Crippen LogP contribution in [0.3, 0.4) is 0 Å². The van der Waals surface area contributed by atoms with E-state index in [-0.39, 0.29) is 0 Å². The van der Waals surface area contributed by atoms with Crippen molar-refractivity contribution in [2.45, 2.75) is 24.3 Å². The molecule has 1 aromatic rings. The van der Waals surface area contributed by atoms with E-state index in [4.69, 9.17) is 4.74 Å². The van der Waals surface area contributed by atoms with Crippen molar-refractivity contribution in [3.05, 3.63) is 24.3 Å². The minimum absolute atomic E-state index is 0.322. The van der Waals surface area contributed by atoms with Gasteiger partial charge in [-0.3, -0.25) is 4.21 Å². The highest BCUT2D eigenvalue weighted by Crippen LogP contribution is 2.13. The molecule has 90 valence electrons. The fraction of sp³-hybridized carbons (Fsp3) is 0.500. The Bertz CT molecular complexity index is 337. The molecule has 0 spiro atoms. The zero-order valence-corrected chi connectivity index (χ0v) is 10.8. The van der Waals surface area contributed by atoms with Crippen LogP contribution in [0.1, 0.15) is 13.3 Å². The normalized spacial score (nSPS) is 14.4. The van der Waals surface area contributed by atoms with Crippen LogP contribution in [0.4, 0.5) is 5.69 Å². The van der Waals surface area contributed by atoms with E-state index in [0.29, 0.717) is 12.6 Å². The lowest BCUT2D eigenvalue weighted by Crippen LogP contribution is -2.23. The van der Waals surface area contributed by atoms with Gasteiger partial charge >= 0.3 is 0 Å². The van der Waals surface area contributed by atoms with Gasteiger partial charge in [0, 0.05) is 40.8 Å². The number of ether oxygens (including phenoxy) is 1. The van der Waals surface area contributed by atoms with Gasteiger partial charge in [0.2, 0.25) is 0 Å². The summed E-state index contributed by atoms with van der Waals surface area (Å²) in [5.74, 6) is 0. The van der Waals surface area contributed by atoms with Crippen molar-refractivity contribution >= 4 is 16.5 Å². The predicted molar refractivity (Wildman–Crippen MR) is 68.4 cm³/mol. The van der Waals surface area contributed by atoms with Crippen LogP contribution in [0, 0.1) is 0 Å². The topological polar surface area (TPSA) is 38.3 Å². The van der Waals surface area contributed by atoms with E-state index in [1.807, 2.05) is 24.3 Å². The van der Waals surface area contributed by atoms with Crippen molar-refractivity contribution < 1.29 is 8.95 Å². The zero-order valence-electron chi connectivity index (χ0n) is 10.0. The van der Waals surface area contributed by atoms with Crippen LogP contribution >= 0.6 is 0 Å². The Labute approximate surface area is 99.7 Å². The first-order valence-electron chi connectivity index (χ1n) is 5.36. The molecule has 0 aliphatic rings. The maximum Gasteiger partial charge on any atom is 0.0663 e. The highest BCUT2D eigenvalue weighted by atomic mass is 32.2. The summed E-state index contributed by atoms with van der Waals surface area (Å²) < 4.78 is 16.3. The molecule has 2 atom stereocenters. The van der Waals surface area contributed by atoms with Gasteiger partial charge in [-0.05, 0) is 30.7 Å². The lowest BCUT2D eigenvalue weighted by atomic mass is 10.2. The molecular formula is C12H19NO2S. The highest BCUT2D eigenvalue weighted by molar-refractivity contribution is 7.84. The molecule has 1 aromatic carbocycles. The molecule has 0 saturated heterocycles.